The highest BCUT2D eigenvalue weighted by atomic mass is 32.2. The fraction of sp³-hybridized carbons (Fsp3) is 0.417. The number of hydrogen-bond donors (Lipinski definition) is 2. The van der Waals surface area contributed by atoms with Gasteiger partial charge in [0.15, 0.2) is 0 Å². The SMILES string of the molecule is CCC(NS(=O)(=O)c1cc(OC)ccc1OC)C(=O)O. The van der Waals surface area contributed by atoms with Gasteiger partial charge in [-0.15, -0.1) is 0 Å². The average molecular weight is 303 g/mol. The molecule has 0 aliphatic heterocycles. The quantitative estimate of drug-likeness (QED) is 0.774. The lowest BCUT2D eigenvalue weighted by Gasteiger charge is -2.15. The summed E-state index contributed by atoms with van der Waals surface area (Å²) in [6.07, 6.45) is 0.126. The maximum Gasteiger partial charge on any atom is 0.321 e. The normalized spacial score (nSPS) is 12.8. The van der Waals surface area contributed by atoms with E-state index in [1.807, 2.05) is 0 Å². The number of sulfonamides is 1. The van der Waals surface area contributed by atoms with Crippen molar-refractivity contribution in [2.45, 2.75) is 24.3 Å². The molecule has 1 rings (SSSR count). The van der Waals surface area contributed by atoms with Crippen LogP contribution in [0.3, 0.4) is 0 Å². The van der Waals surface area contributed by atoms with Crippen LogP contribution >= 0.6 is 0 Å². The molecule has 0 aliphatic rings. The molecule has 112 valence electrons. The van der Waals surface area contributed by atoms with E-state index in [4.69, 9.17) is 14.6 Å². The number of methoxy groups -OCH3 is 2. The largest absolute Gasteiger partial charge is 0.497 e. The van der Waals surface area contributed by atoms with Crippen molar-refractivity contribution in [3.05, 3.63) is 18.2 Å². The molecule has 1 unspecified atom stereocenters. The number of hydrogen-bond acceptors (Lipinski definition) is 5. The molecule has 0 saturated carbocycles. The van der Waals surface area contributed by atoms with Gasteiger partial charge in [0.25, 0.3) is 0 Å². The monoisotopic (exact) mass is 303 g/mol. The van der Waals surface area contributed by atoms with Gasteiger partial charge in [-0.05, 0) is 18.6 Å². The van der Waals surface area contributed by atoms with E-state index in [1.54, 1.807) is 13.0 Å². The molecule has 0 spiro atoms. The first kappa shape index (κ1) is 16.3. The molecule has 1 aromatic rings. The summed E-state index contributed by atoms with van der Waals surface area (Å²) in [6.45, 7) is 1.57. The second-order valence-corrected chi connectivity index (χ2v) is 5.62. The van der Waals surface area contributed by atoms with Crippen molar-refractivity contribution < 1.29 is 27.8 Å². The molecule has 0 aliphatic carbocycles. The summed E-state index contributed by atoms with van der Waals surface area (Å²) in [7, 11) is -1.30. The molecule has 7 nitrogen and oxygen atoms in total. The van der Waals surface area contributed by atoms with Gasteiger partial charge in [-0.25, -0.2) is 8.42 Å². The van der Waals surface area contributed by atoms with Crippen LogP contribution in [-0.2, 0) is 14.8 Å². The van der Waals surface area contributed by atoms with Gasteiger partial charge in [-0.2, -0.15) is 4.72 Å². The Bertz CT molecular complexity index is 584. The fourth-order valence-electron chi connectivity index (χ4n) is 1.55. The summed E-state index contributed by atoms with van der Waals surface area (Å²) in [4.78, 5) is 10.8. The molecule has 8 heteroatoms. The van der Waals surface area contributed by atoms with Crippen LogP contribution in [0.4, 0.5) is 0 Å². The lowest BCUT2D eigenvalue weighted by Crippen LogP contribution is -2.40. The minimum absolute atomic E-state index is 0.110. The van der Waals surface area contributed by atoms with Gasteiger partial charge >= 0.3 is 5.97 Å². The van der Waals surface area contributed by atoms with E-state index in [9.17, 15) is 13.2 Å². The van der Waals surface area contributed by atoms with Gasteiger partial charge < -0.3 is 14.6 Å². The predicted octanol–water partition coefficient (Wildman–Crippen LogP) is 0.845. The second-order valence-electron chi connectivity index (χ2n) is 3.94. The van der Waals surface area contributed by atoms with E-state index in [-0.39, 0.29) is 17.1 Å². The van der Waals surface area contributed by atoms with Gasteiger partial charge in [0, 0.05) is 6.07 Å². The van der Waals surface area contributed by atoms with Crippen molar-refractivity contribution in [1.82, 2.24) is 4.72 Å². The standard InChI is InChI=1S/C12H17NO6S/c1-4-9(12(14)15)13-20(16,17)11-7-8(18-2)5-6-10(11)19-3/h5-7,9,13H,4H2,1-3H3,(H,14,15). The number of aliphatic carboxylic acids is 1. The number of carboxylic acid groups (broad SMARTS) is 1. The third-order valence-corrected chi connectivity index (χ3v) is 4.16. The zero-order valence-electron chi connectivity index (χ0n) is 11.4. The zero-order valence-corrected chi connectivity index (χ0v) is 12.2. The van der Waals surface area contributed by atoms with E-state index in [0.29, 0.717) is 5.75 Å². The van der Waals surface area contributed by atoms with E-state index in [1.165, 1.54) is 26.4 Å². The van der Waals surface area contributed by atoms with Crippen molar-refractivity contribution >= 4 is 16.0 Å². The van der Waals surface area contributed by atoms with Gasteiger partial charge in [-0.1, -0.05) is 6.92 Å². The van der Waals surface area contributed by atoms with Crippen LogP contribution in [0.25, 0.3) is 0 Å². The number of carbonyl (C=O) groups is 1. The second kappa shape index (κ2) is 6.58. The minimum atomic E-state index is -4.03. The van der Waals surface area contributed by atoms with Crippen molar-refractivity contribution in [3.63, 3.8) is 0 Å². The van der Waals surface area contributed by atoms with Crippen LogP contribution in [0.1, 0.15) is 13.3 Å². The molecule has 0 radical (unpaired) electrons. The zero-order chi connectivity index (χ0) is 15.3. The van der Waals surface area contributed by atoms with Gasteiger partial charge in [0.2, 0.25) is 10.0 Å². The molecule has 1 aromatic carbocycles. The Morgan fingerprint density at radius 3 is 2.45 bits per heavy atom. The Morgan fingerprint density at radius 1 is 1.35 bits per heavy atom. The predicted molar refractivity (Wildman–Crippen MR) is 71.6 cm³/mol. The molecule has 2 N–H and O–H groups in total. The van der Waals surface area contributed by atoms with E-state index < -0.39 is 22.0 Å². The Kier molecular flexibility index (Phi) is 5.34. The molecule has 0 saturated heterocycles. The smallest absolute Gasteiger partial charge is 0.321 e. The number of nitrogens with one attached hydrogen (secondary N) is 1. The van der Waals surface area contributed by atoms with Crippen LogP contribution in [-0.4, -0.2) is 39.8 Å². The Hall–Kier alpha value is -1.80. The van der Waals surface area contributed by atoms with Crippen LogP contribution in [0, 0.1) is 0 Å². The van der Waals surface area contributed by atoms with Crippen molar-refractivity contribution in [3.8, 4) is 11.5 Å². The molecule has 0 heterocycles. The molecule has 20 heavy (non-hydrogen) atoms. The molecule has 0 amide bonds. The molecule has 1 atom stereocenters. The number of benzene rings is 1. The molecule has 0 bridgehead atoms. The summed E-state index contributed by atoms with van der Waals surface area (Å²) < 4.78 is 36.6. The van der Waals surface area contributed by atoms with Crippen LogP contribution in [0.2, 0.25) is 0 Å². The number of ether oxygens (including phenoxy) is 2. The lowest BCUT2D eigenvalue weighted by molar-refractivity contribution is -0.139. The van der Waals surface area contributed by atoms with Crippen molar-refractivity contribution in [1.29, 1.82) is 0 Å². The first-order chi connectivity index (χ1) is 9.35. The van der Waals surface area contributed by atoms with E-state index in [2.05, 4.69) is 4.72 Å². The van der Waals surface area contributed by atoms with Crippen LogP contribution in [0.5, 0.6) is 11.5 Å². The summed E-state index contributed by atoms with van der Waals surface area (Å²) in [5.41, 5.74) is 0. The number of rotatable bonds is 7. The molecule has 0 fully saturated rings. The summed E-state index contributed by atoms with van der Waals surface area (Å²) in [5.74, 6) is -0.800. The summed E-state index contributed by atoms with van der Waals surface area (Å²) >= 11 is 0. The maximum atomic E-state index is 12.2. The Balaban J connectivity index is 3.23. The van der Waals surface area contributed by atoms with Crippen LogP contribution < -0.4 is 14.2 Å². The molecular formula is C12H17NO6S. The first-order valence-electron chi connectivity index (χ1n) is 5.82. The third kappa shape index (κ3) is 3.61. The van der Waals surface area contributed by atoms with Crippen LogP contribution in [0.15, 0.2) is 23.1 Å². The molecular weight excluding hydrogens is 286 g/mol. The van der Waals surface area contributed by atoms with Crippen molar-refractivity contribution in [2.75, 3.05) is 14.2 Å². The summed E-state index contributed by atoms with van der Waals surface area (Å²) in [5, 5.41) is 8.93. The average Bonchev–Trinajstić information content (AvgIpc) is 2.43. The Morgan fingerprint density at radius 2 is 2.00 bits per heavy atom. The fourth-order valence-corrected chi connectivity index (χ4v) is 3.01. The lowest BCUT2D eigenvalue weighted by atomic mass is 10.2. The van der Waals surface area contributed by atoms with E-state index >= 15 is 0 Å². The Labute approximate surface area is 117 Å². The summed E-state index contributed by atoms with van der Waals surface area (Å²) in [6, 6.07) is 3.06. The minimum Gasteiger partial charge on any atom is -0.497 e. The number of carboxylic acids is 1. The van der Waals surface area contributed by atoms with E-state index in [0.717, 1.165) is 0 Å². The van der Waals surface area contributed by atoms with Gasteiger partial charge in [-0.3, -0.25) is 4.79 Å². The molecule has 0 aromatic heterocycles. The topological polar surface area (TPSA) is 102 Å². The van der Waals surface area contributed by atoms with Gasteiger partial charge in [0.05, 0.1) is 14.2 Å². The highest BCUT2D eigenvalue weighted by Gasteiger charge is 2.26. The van der Waals surface area contributed by atoms with Gasteiger partial charge in [0.1, 0.15) is 22.4 Å². The highest BCUT2D eigenvalue weighted by Crippen LogP contribution is 2.28. The maximum absolute atomic E-state index is 12.2. The first-order valence-corrected chi connectivity index (χ1v) is 7.31. The van der Waals surface area contributed by atoms with Crippen molar-refractivity contribution in [2.24, 2.45) is 0 Å². The third-order valence-electron chi connectivity index (χ3n) is 2.66. The highest BCUT2D eigenvalue weighted by molar-refractivity contribution is 7.89.